The second-order valence-electron chi connectivity index (χ2n) is 7.35. The van der Waals surface area contributed by atoms with E-state index < -0.39 is 0 Å². The minimum Gasteiger partial charge on any atom is -0.338 e. The number of rotatable bonds is 3. The molecule has 4 rings (SSSR count). The van der Waals surface area contributed by atoms with Crippen LogP contribution in [0.1, 0.15) is 35.7 Å². The van der Waals surface area contributed by atoms with Crippen molar-refractivity contribution < 1.29 is 4.79 Å². The fourth-order valence-corrected chi connectivity index (χ4v) is 3.82. The van der Waals surface area contributed by atoms with Gasteiger partial charge in [0.1, 0.15) is 11.2 Å². The van der Waals surface area contributed by atoms with Crippen LogP contribution in [0.4, 0.5) is 0 Å². The Kier molecular flexibility index (Phi) is 4.75. The molecule has 0 radical (unpaired) electrons. The number of nitrogens with zero attached hydrogens (tertiary/aromatic N) is 3. The van der Waals surface area contributed by atoms with Crippen LogP contribution in [0.3, 0.4) is 0 Å². The average molecular weight is 361 g/mol. The summed E-state index contributed by atoms with van der Waals surface area (Å²) in [4.78, 5) is 32.6. The third-order valence-corrected chi connectivity index (χ3v) is 5.21. The molecule has 1 aliphatic heterocycles. The summed E-state index contributed by atoms with van der Waals surface area (Å²) in [6, 6.07) is 15.2. The van der Waals surface area contributed by atoms with Crippen LogP contribution >= 0.6 is 0 Å². The van der Waals surface area contributed by atoms with Gasteiger partial charge in [0.2, 0.25) is 0 Å². The van der Waals surface area contributed by atoms with Crippen molar-refractivity contribution >= 4 is 16.9 Å². The lowest BCUT2D eigenvalue weighted by atomic mass is 9.99. The fourth-order valence-electron chi connectivity index (χ4n) is 3.82. The molecule has 0 aliphatic carbocycles. The number of benzene rings is 1. The quantitative estimate of drug-likeness (QED) is 0.719. The van der Waals surface area contributed by atoms with E-state index in [2.05, 4.69) is 11.9 Å². The van der Waals surface area contributed by atoms with Crippen LogP contribution in [0.25, 0.3) is 11.0 Å². The molecule has 27 heavy (non-hydrogen) atoms. The van der Waals surface area contributed by atoms with Gasteiger partial charge in [-0.2, -0.15) is 0 Å². The topological polar surface area (TPSA) is 55.2 Å². The molecule has 0 saturated carbocycles. The van der Waals surface area contributed by atoms with Gasteiger partial charge in [-0.25, -0.2) is 4.98 Å². The lowest BCUT2D eigenvalue weighted by molar-refractivity contribution is 0.0681. The van der Waals surface area contributed by atoms with E-state index in [0.29, 0.717) is 31.2 Å². The van der Waals surface area contributed by atoms with Crippen molar-refractivity contribution in [2.45, 2.75) is 26.3 Å². The molecule has 1 aromatic carbocycles. The van der Waals surface area contributed by atoms with Crippen molar-refractivity contribution in [3.05, 3.63) is 76.2 Å². The molecular weight excluding hydrogens is 338 g/mol. The van der Waals surface area contributed by atoms with E-state index in [0.717, 1.165) is 23.8 Å². The van der Waals surface area contributed by atoms with E-state index in [1.54, 1.807) is 16.8 Å². The van der Waals surface area contributed by atoms with Crippen LogP contribution in [-0.4, -0.2) is 33.4 Å². The Labute approximate surface area is 158 Å². The van der Waals surface area contributed by atoms with E-state index in [1.165, 1.54) is 0 Å². The number of fused-ring (bicyclic) bond motifs is 1. The molecule has 5 heteroatoms. The van der Waals surface area contributed by atoms with Crippen molar-refractivity contribution in [1.29, 1.82) is 0 Å². The molecule has 3 heterocycles. The van der Waals surface area contributed by atoms with Gasteiger partial charge in [0.05, 0.1) is 6.54 Å². The smallest absolute Gasteiger partial charge is 0.265 e. The van der Waals surface area contributed by atoms with Crippen LogP contribution in [-0.2, 0) is 6.54 Å². The van der Waals surface area contributed by atoms with Crippen molar-refractivity contribution in [3.8, 4) is 0 Å². The normalized spacial score (nSPS) is 17.2. The first-order chi connectivity index (χ1) is 13.1. The zero-order valence-electron chi connectivity index (χ0n) is 15.5. The second kappa shape index (κ2) is 7.35. The summed E-state index contributed by atoms with van der Waals surface area (Å²) in [6.07, 6.45) is 3.79. The van der Waals surface area contributed by atoms with Crippen molar-refractivity contribution in [2.24, 2.45) is 5.92 Å². The Balaban J connectivity index is 1.81. The lowest BCUT2D eigenvalue weighted by Gasteiger charge is -2.31. The van der Waals surface area contributed by atoms with E-state index in [4.69, 9.17) is 0 Å². The van der Waals surface area contributed by atoms with Gasteiger partial charge in [0, 0.05) is 24.7 Å². The fraction of sp³-hybridized carbons (Fsp3) is 0.318. The van der Waals surface area contributed by atoms with E-state index in [9.17, 15) is 9.59 Å². The third kappa shape index (κ3) is 3.50. The van der Waals surface area contributed by atoms with Gasteiger partial charge in [-0.1, -0.05) is 37.3 Å². The molecule has 2 aromatic heterocycles. The third-order valence-electron chi connectivity index (χ3n) is 5.21. The molecule has 1 atom stereocenters. The Morgan fingerprint density at radius 2 is 2.00 bits per heavy atom. The monoisotopic (exact) mass is 361 g/mol. The maximum Gasteiger partial charge on any atom is 0.265 e. The van der Waals surface area contributed by atoms with Crippen molar-refractivity contribution in [3.63, 3.8) is 0 Å². The summed E-state index contributed by atoms with van der Waals surface area (Å²) in [7, 11) is 0. The van der Waals surface area contributed by atoms with E-state index >= 15 is 0 Å². The number of likely N-dealkylation sites (tertiary alicyclic amines) is 1. The van der Waals surface area contributed by atoms with Gasteiger partial charge in [-0.05, 0) is 42.5 Å². The van der Waals surface area contributed by atoms with Gasteiger partial charge in [0.25, 0.3) is 11.5 Å². The van der Waals surface area contributed by atoms with Gasteiger partial charge in [-0.15, -0.1) is 0 Å². The molecule has 1 amide bonds. The molecular formula is C22H23N3O2. The largest absolute Gasteiger partial charge is 0.338 e. The standard InChI is InChI=1S/C22H23N3O2/c1-16-7-6-12-24(14-16)21(26)19-13-18-10-5-11-23-20(18)25(22(19)27)15-17-8-3-2-4-9-17/h2-5,8-11,13,16H,6-7,12,14-15H2,1H3/t16-/m0/s1. The average Bonchev–Trinajstić information content (AvgIpc) is 2.70. The Bertz CT molecular complexity index is 1030. The molecule has 1 saturated heterocycles. The Hall–Kier alpha value is -2.95. The number of piperidine rings is 1. The summed E-state index contributed by atoms with van der Waals surface area (Å²) in [5, 5.41) is 0.807. The highest BCUT2D eigenvalue weighted by Crippen LogP contribution is 2.19. The summed E-state index contributed by atoms with van der Waals surface area (Å²) < 4.78 is 1.62. The minimum absolute atomic E-state index is 0.167. The predicted octanol–water partition coefficient (Wildman–Crippen LogP) is 3.32. The molecule has 0 unspecified atom stereocenters. The van der Waals surface area contributed by atoms with Crippen LogP contribution < -0.4 is 5.56 Å². The van der Waals surface area contributed by atoms with Gasteiger partial charge < -0.3 is 4.90 Å². The van der Waals surface area contributed by atoms with Gasteiger partial charge in [0.15, 0.2) is 0 Å². The van der Waals surface area contributed by atoms with Crippen molar-refractivity contribution in [2.75, 3.05) is 13.1 Å². The highest BCUT2D eigenvalue weighted by molar-refractivity contribution is 5.97. The summed E-state index contributed by atoms with van der Waals surface area (Å²) in [5.41, 5.74) is 1.58. The SMILES string of the molecule is C[C@H]1CCCN(C(=O)c2cc3cccnc3n(Cc3ccccc3)c2=O)C1. The van der Waals surface area contributed by atoms with E-state index in [-0.39, 0.29) is 17.0 Å². The first kappa shape index (κ1) is 17.5. The zero-order chi connectivity index (χ0) is 18.8. The minimum atomic E-state index is -0.270. The number of amides is 1. The molecule has 0 spiro atoms. The highest BCUT2D eigenvalue weighted by Gasteiger charge is 2.25. The molecule has 0 bridgehead atoms. The summed E-state index contributed by atoms with van der Waals surface area (Å²) in [5.74, 6) is 0.301. The lowest BCUT2D eigenvalue weighted by Crippen LogP contribution is -2.42. The zero-order valence-corrected chi connectivity index (χ0v) is 15.5. The number of pyridine rings is 2. The molecule has 5 nitrogen and oxygen atoms in total. The van der Waals surface area contributed by atoms with Crippen LogP contribution in [0.5, 0.6) is 0 Å². The first-order valence-electron chi connectivity index (χ1n) is 9.45. The molecule has 0 N–H and O–H groups in total. The van der Waals surface area contributed by atoms with Crippen LogP contribution in [0.2, 0.25) is 0 Å². The molecule has 1 aliphatic rings. The molecule has 138 valence electrons. The number of carbonyl (C=O) groups excluding carboxylic acids is 1. The maximum atomic E-state index is 13.2. The Morgan fingerprint density at radius 1 is 1.19 bits per heavy atom. The van der Waals surface area contributed by atoms with Gasteiger partial charge in [-0.3, -0.25) is 14.2 Å². The van der Waals surface area contributed by atoms with Crippen LogP contribution in [0, 0.1) is 5.92 Å². The number of carbonyl (C=O) groups is 1. The molecule has 3 aromatic rings. The van der Waals surface area contributed by atoms with Crippen molar-refractivity contribution in [1.82, 2.24) is 14.5 Å². The summed E-state index contributed by atoms with van der Waals surface area (Å²) >= 11 is 0. The molecule has 1 fully saturated rings. The van der Waals surface area contributed by atoms with Gasteiger partial charge >= 0.3 is 0 Å². The highest BCUT2D eigenvalue weighted by atomic mass is 16.2. The second-order valence-corrected chi connectivity index (χ2v) is 7.35. The number of hydrogen-bond acceptors (Lipinski definition) is 3. The summed E-state index contributed by atoms with van der Waals surface area (Å²) in [6.45, 7) is 3.97. The first-order valence-corrected chi connectivity index (χ1v) is 9.45. The predicted molar refractivity (Wildman–Crippen MR) is 106 cm³/mol. The van der Waals surface area contributed by atoms with Crippen LogP contribution in [0.15, 0.2) is 59.5 Å². The maximum absolute atomic E-state index is 13.2. The van der Waals surface area contributed by atoms with E-state index in [1.807, 2.05) is 47.4 Å². The number of aromatic nitrogens is 2. The Morgan fingerprint density at radius 3 is 2.78 bits per heavy atom. The number of hydrogen-bond donors (Lipinski definition) is 0.